The molecule has 0 bridgehead atoms. The van der Waals surface area contributed by atoms with Crippen molar-refractivity contribution in [1.29, 1.82) is 0 Å². The minimum atomic E-state index is 0.399. The third kappa shape index (κ3) is 8.88. The fourth-order valence-corrected chi connectivity index (χ4v) is 1.65. The van der Waals surface area contributed by atoms with Crippen LogP contribution in [-0.2, 0) is 0 Å². The molecule has 0 rings (SSSR count). The average Bonchev–Trinajstić information content (AvgIpc) is 2.27. The van der Waals surface area contributed by atoms with Crippen molar-refractivity contribution < 1.29 is 0 Å². The fraction of sp³-hybridized carbons (Fsp3) is 1.00. The summed E-state index contributed by atoms with van der Waals surface area (Å²) in [5.74, 6) is 0. The minimum Gasteiger partial charge on any atom is -0.328 e. The van der Waals surface area contributed by atoms with E-state index >= 15 is 0 Å². The molecule has 0 radical (unpaired) electrons. The molecule has 0 aliphatic carbocycles. The van der Waals surface area contributed by atoms with Gasteiger partial charge in [-0.2, -0.15) is 0 Å². The number of unbranched alkanes of at least 4 members (excludes halogenated alkanes) is 2. The second-order valence-corrected chi connectivity index (χ2v) is 4.51. The number of rotatable bonds is 10. The van der Waals surface area contributed by atoms with E-state index in [0.717, 1.165) is 12.8 Å². The Morgan fingerprint density at radius 3 is 1.87 bits per heavy atom. The van der Waals surface area contributed by atoms with E-state index in [1.165, 1.54) is 45.3 Å². The second-order valence-electron chi connectivity index (χ2n) is 4.51. The van der Waals surface area contributed by atoms with Gasteiger partial charge < -0.3 is 10.6 Å². The van der Waals surface area contributed by atoms with Crippen LogP contribution < -0.4 is 5.73 Å². The molecule has 0 saturated carbocycles. The van der Waals surface area contributed by atoms with Crippen LogP contribution in [0.25, 0.3) is 0 Å². The van der Waals surface area contributed by atoms with Gasteiger partial charge in [-0.15, -0.1) is 0 Å². The number of hydrogen-bond donors (Lipinski definition) is 1. The maximum absolute atomic E-state index is 5.95. The van der Waals surface area contributed by atoms with Gasteiger partial charge in [-0.25, -0.2) is 0 Å². The number of nitrogens with zero attached hydrogens (tertiary/aromatic N) is 1. The largest absolute Gasteiger partial charge is 0.328 e. The second kappa shape index (κ2) is 10.4. The quantitative estimate of drug-likeness (QED) is 0.606. The van der Waals surface area contributed by atoms with Crippen molar-refractivity contribution >= 4 is 0 Å². The average molecular weight is 214 g/mol. The van der Waals surface area contributed by atoms with Crippen molar-refractivity contribution in [2.24, 2.45) is 5.73 Å². The lowest BCUT2D eigenvalue weighted by molar-refractivity contribution is 0.254. The summed E-state index contributed by atoms with van der Waals surface area (Å²) in [5, 5.41) is 0. The molecule has 0 aromatic rings. The zero-order chi connectivity index (χ0) is 11.5. The molecule has 1 unspecified atom stereocenters. The molecule has 0 aliphatic rings. The molecule has 0 fully saturated rings. The van der Waals surface area contributed by atoms with Crippen LogP contribution in [0.3, 0.4) is 0 Å². The molecule has 0 aliphatic heterocycles. The predicted octanol–water partition coefficient (Wildman–Crippen LogP) is 3.02. The number of hydrogen-bond acceptors (Lipinski definition) is 2. The highest BCUT2D eigenvalue weighted by atomic mass is 15.1. The third-order valence-corrected chi connectivity index (χ3v) is 3.00. The summed E-state index contributed by atoms with van der Waals surface area (Å²) in [6.07, 6.45) is 7.50. The summed E-state index contributed by atoms with van der Waals surface area (Å²) < 4.78 is 0. The van der Waals surface area contributed by atoms with E-state index in [0.29, 0.717) is 6.04 Å². The zero-order valence-electron chi connectivity index (χ0n) is 11.0. The fourth-order valence-electron chi connectivity index (χ4n) is 1.65. The molecule has 2 nitrogen and oxygen atoms in total. The minimum absolute atomic E-state index is 0.399. The Morgan fingerprint density at radius 1 is 0.933 bits per heavy atom. The zero-order valence-corrected chi connectivity index (χ0v) is 11.0. The SMILES string of the molecule is CCCCN(CCCC)CCC(N)CC. The van der Waals surface area contributed by atoms with Crippen LogP contribution in [0.4, 0.5) is 0 Å². The van der Waals surface area contributed by atoms with E-state index < -0.39 is 0 Å². The molecule has 0 aromatic heterocycles. The maximum Gasteiger partial charge on any atom is 0.00483 e. The van der Waals surface area contributed by atoms with Gasteiger partial charge in [0.2, 0.25) is 0 Å². The van der Waals surface area contributed by atoms with Crippen molar-refractivity contribution in [3.8, 4) is 0 Å². The van der Waals surface area contributed by atoms with Gasteiger partial charge in [-0.3, -0.25) is 0 Å². The van der Waals surface area contributed by atoms with E-state index in [1.54, 1.807) is 0 Å². The van der Waals surface area contributed by atoms with Crippen LogP contribution in [0.1, 0.15) is 59.3 Å². The highest BCUT2D eigenvalue weighted by Gasteiger charge is 2.06. The van der Waals surface area contributed by atoms with Gasteiger partial charge in [0.15, 0.2) is 0 Å². The summed E-state index contributed by atoms with van der Waals surface area (Å²) in [6, 6.07) is 0.399. The lowest BCUT2D eigenvalue weighted by atomic mass is 10.1. The third-order valence-electron chi connectivity index (χ3n) is 3.00. The molecule has 0 saturated heterocycles. The van der Waals surface area contributed by atoms with Gasteiger partial charge in [-0.1, -0.05) is 33.6 Å². The molecule has 2 N–H and O–H groups in total. The van der Waals surface area contributed by atoms with Gasteiger partial charge in [0, 0.05) is 6.04 Å². The van der Waals surface area contributed by atoms with Crippen molar-refractivity contribution in [3.05, 3.63) is 0 Å². The van der Waals surface area contributed by atoms with E-state index in [2.05, 4.69) is 25.7 Å². The first kappa shape index (κ1) is 14.9. The van der Waals surface area contributed by atoms with Crippen LogP contribution in [0.5, 0.6) is 0 Å². The Hall–Kier alpha value is -0.0800. The highest BCUT2D eigenvalue weighted by Crippen LogP contribution is 2.02. The molecule has 92 valence electrons. The van der Waals surface area contributed by atoms with E-state index in [9.17, 15) is 0 Å². The van der Waals surface area contributed by atoms with Gasteiger partial charge in [0.1, 0.15) is 0 Å². The first-order chi connectivity index (χ1) is 7.24. The van der Waals surface area contributed by atoms with E-state index in [4.69, 9.17) is 5.73 Å². The van der Waals surface area contributed by atoms with Crippen LogP contribution in [0.15, 0.2) is 0 Å². The van der Waals surface area contributed by atoms with Gasteiger partial charge >= 0.3 is 0 Å². The molecule has 1 atom stereocenters. The van der Waals surface area contributed by atoms with Crippen molar-refractivity contribution in [2.75, 3.05) is 19.6 Å². The maximum atomic E-state index is 5.95. The normalized spacial score (nSPS) is 13.4. The van der Waals surface area contributed by atoms with Crippen molar-refractivity contribution in [1.82, 2.24) is 4.90 Å². The Balaban J connectivity index is 3.67. The summed E-state index contributed by atoms with van der Waals surface area (Å²) in [6.45, 7) is 10.4. The van der Waals surface area contributed by atoms with Gasteiger partial charge in [0.05, 0.1) is 0 Å². The summed E-state index contributed by atoms with van der Waals surface area (Å²) in [4.78, 5) is 2.59. The number of nitrogens with two attached hydrogens (primary N) is 1. The molecular formula is C13H30N2. The highest BCUT2D eigenvalue weighted by molar-refractivity contribution is 4.64. The monoisotopic (exact) mass is 214 g/mol. The van der Waals surface area contributed by atoms with Crippen LogP contribution in [0, 0.1) is 0 Å². The lowest BCUT2D eigenvalue weighted by Gasteiger charge is -2.23. The molecule has 0 aromatic carbocycles. The Labute approximate surface area is 96.2 Å². The molecule has 15 heavy (non-hydrogen) atoms. The lowest BCUT2D eigenvalue weighted by Crippen LogP contribution is -2.31. The van der Waals surface area contributed by atoms with E-state index in [1.807, 2.05) is 0 Å². The Morgan fingerprint density at radius 2 is 1.47 bits per heavy atom. The Kier molecular flexibility index (Phi) is 10.4. The van der Waals surface area contributed by atoms with Gasteiger partial charge in [0.25, 0.3) is 0 Å². The Bertz CT molecular complexity index is 118. The molecule has 0 spiro atoms. The molecule has 0 heterocycles. The molecule has 2 heteroatoms. The summed E-state index contributed by atoms with van der Waals surface area (Å²) in [7, 11) is 0. The molecule has 0 amide bonds. The first-order valence-electron chi connectivity index (χ1n) is 6.72. The van der Waals surface area contributed by atoms with Crippen molar-refractivity contribution in [2.45, 2.75) is 65.3 Å². The topological polar surface area (TPSA) is 29.3 Å². The van der Waals surface area contributed by atoms with Crippen LogP contribution in [0.2, 0.25) is 0 Å². The standard InChI is InChI=1S/C13H30N2/c1-4-7-10-15(11-8-5-2)12-9-13(14)6-3/h13H,4-12,14H2,1-3H3. The van der Waals surface area contributed by atoms with Gasteiger partial charge in [-0.05, 0) is 45.3 Å². The van der Waals surface area contributed by atoms with E-state index in [-0.39, 0.29) is 0 Å². The van der Waals surface area contributed by atoms with Crippen LogP contribution in [-0.4, -0.2) is 30.6 Å². The molecular weight excluding hydrogens is 184 g/mol. The first-order valence-corrected chi connectivity index (χ1v) is 6.72. The predicted molar refractivity (Wildman–Crippen MR) is 69.1 cm³/mol. The van der Waals surface area contributed by atoms with Crippen molar-refractivity contribution in [3.63, 3.8) is 0 Å². The summed E-state index contributed by atoms with van der Waals surface area (Å²) in [5.41, 5.74) is 5.95. The van der Waals surface area contributed by atoms with Crippen LogP contribution >= 0.6 is 0 Å². The summed E-state index contributed by atoms with van der Waals surface area (Å²) >= 11 is 0. The smallest absolute Gasteiger partial charge is 0.00483 e.